The fourth-order valence-corrected chi connectivity index (χ4v) is 3.31. The fraction of sp³-hybridized carbons (Fsp3) is 0.208. The van der Waals surface area contributed by atoms with Crippen LogP contribution in [0.4, 0.5) is 5.69 Å². The molecule has 3 aromatic carbocycles. The molecule has 0 aromatic heterocycles. The predicted molar refractivity (Wildman–Crippen MR) is 110 cm³/mol. The maximum absolute atomic E-state index is 12.9. The number of hydrogen-bond donors (Lipinski definition) is 1. The molecule has 3 aromatic rings. The molecule has 0 aliphatic heterocycles. The van der Waals surface area contributed by atoms with Gasteiger partial charge in [0, 0.05) is 5.69 Å². The van der Waals surface area contributed by atoms with Gasteiger partial charge in [-0.25, -0.2) is 0 Å². The number of amides is 1. The molecule has 1 fully saturated rings. The molecule has 1 saturated carbocycles. The van der Waals surface area contributed by atoms with Crippen molar-refractivity contribution in [2.24, 2.45) is 0 Å². The van der Waals surface area contributed by atoms with Gasteiger partial charge in [0.2, 0.25) is 5.91 Å². The summed E-state index contributed by atoms with van der Waals surface area (Å²) in [5.74, 6) is 1.61. The van der Waals surface area contributed by atoms with Gasteiger partial charge in [0.15, 0.2) is 0 Å². The third kappa shape index (κ3) is 3.86. The second kappa shape index (κ2) is 7.77. The van der Waals surface area contributed by atoms with Gasteiger partial charge in [0.1, 0.15) is 18.1 Å². The molecule has 0 radical (unpaired) electrons. The lowest BCUT2D eigenvalue weighted by Crippen LogP contribution is -2.27. The van der Waals surface area contributed by atoms with E-state index >= 15 is 0 Å². The van der Waals surface area contributed by atoms with E-state index in [0.29, 0.717) is 6.61 Å². The van der Waals surface area contributed by atoms with E-state index < -0.39 is 5.41 Å². The molecule has 0 saturated heterocycles. The number of anilines is 1. The largest absolute Gasteiger partial charge is 0.497 e. The molecule has 0 unspecified atom stereocenters. The first-order valence-corrected chi connectivity index (χ1v) is 9.42. The molecular weight excluding hydrogens is 350 g/mol. The Morgan fingerprint density at radius 1 is 0.893 bits per heavy atom. The van der Waals surface area contributed by atoms with E-state index in [1.807, 2.05) is 78.9 Å². The Morgan fingerprint density at radius 2 is 1.54 bits per heavy atom. The van der Waals surface area contributed by atoms with Gasteiger partial charge in [-0.3, -0.25) is 4.79 Å². The van der Waals surface area contributed by atoms with Gasteiger partial charge in [0.05, 0.1) is 12.5 Å². The van der Waals surface area contributed by atoms with Crippen molar-refractivity contribution < 1.29 is 14.3 Å². The highest BCUT2D eigenvalue weighted by atomic mass is 16.5. The van der Waals surface area contributed by atoms with Crippen LogP contribution < -0.4 is 14.8 Å². The lowest BCUT2D eigenvalue weighted by atomic mass is 9.95. The Balaban J connectivity index is 1.37. The second-order valence-corrected chi connectivity index (χ2v) is 7.06. The molecule has 1 aliphatic carbocycles. The number of rotatable bonds is 7. The highest BCUT2D eigenvalue weighted by Gasteiger charge is 2.51. The minimum absolute atomic E-state index is 0.0376. The van der Waals surface area contributed by atoms with Crippen LogP contribution >= 0.6 is 0 Å². The van der Waals surface area contributed by atoms with Crippen molar-refractivity contribution in [2.75, 3.05) is 12.4 Å². The van der Waals surface area contributed by atoms with Crippen LogP contribution in [-0.4, -0.2) is 13.0 Å². The minimum Gasteiger partial charge on any atom is -0.497 e. The van der Waals surface area contributed by atoms with Crippen LogP contribution in [0.25, 0.3) is 0 Å². The van der Waals surface area contributed by atoms with Gasteiger partial charge in [-0.1, -0.05) is 42.5 Å². The number of carbonyl (C=O) groups excluding carboxylic acids is 1. The predicted octanol–water partition coefficient (Wildman–Crippen LogP) is 4.94. The summed E-state index contributed by atoms with van der Waals surface area (Å²) in [7, 11) is 1.64. The van der Waals surface area contributed by atoms with E-state index in [1.54, 1.807) is 7.11 Å². The van der Waals surface area contributed by atoms with E-state index in [0.717, 1.165) is 41.2 Å². The number of hydrogen-bond acceptors (Lipinski definition) is 3. The molecule has 4 heteroatoms. The third-order valence-electron chi connectivity index (χ3n) is 5.19. The van der Waals surface area contributed by atoms with Crippen molar-refractivity contribution in [1.29, 1.82) is 0 Å². The lowest BCUT2D eigenvalue weighted by Gasteiger charge is -2.16. The maximum Gasteiger partial charge on any atom is 0.235 e. The first-order valence-electron chi connectivity index (χ1n) is 9.42. The van der Waals surface area contributed by atoms with Crippen molar-refractivity contribution in [3.8, 4) is 11.5 Å². The summed E-state index contributed by atoms with van der Waals surface area (Å²) < 4.78 is 11.0. The zero-order valence-corrected chi connectivity index (χ0v) is 15.9. The second-order valence-electron chi connectivity index (χ2n) is 7.06. The average molecular weight is 373 g/mol. The molecule has 4 nitrogen and oxygen atoms in total. The highest BCUT2D eigenvalue weighted by Crippen LogP contribution is 2.49. The van der Waals surface area contributed by atoms with Crippen LogP contribution in [0.15, 0.2) is 78.9 Å². The van der Waals surface area contributed by atoms with Gasteiger partial charge < -0.3 is 14.8 Å². The summed E-state index contributed by atoms with van der Waals surface area (Å²) in [6.45, 7) is 0.521. The summed E-state index contributed by atoms with van der Waals surface area (Å²) in [6.07, 6.45) is 1.73. The van der Waals surface area contributed by atoms with Crippen LogP contribution in [0.2, 0.25) is 0 Å². The van der Waals surface area contributed by atoms with E-state index in [4.69, 9.17) is 9.47 Å². The zero-order chi connectivity index (χ0) is 19.4. The summed E-state index contributed by atoms with van der Waals surface area (Å²) >= 11 is 0. The van der Waals surface area contributed by atoms with Gasteiger partial charge in [-0.05, 0) is 60.4 Å². The molecule has 0 atom stereocenters. The van der Waals surface area contributed by atoms with Gasteiger partial charge in [-0.2, -0.15) is 0 Å². The molecule has 0 heterocycles. The Morgan fingerprint density at radius 3 is 2.14 bits per heavy atom. The highest BCUT2D eigenvalue weighted by molar-refractivity contribution is 6.01. The Hall–Kier alpha value is -3.27. The van der Waals surface area contributed by atoms with Crippen LogP contribution in [0.3, 0.4) is 0 Å². The maximum atomic E-state index is 12.9. The molecule has 1 amide bonds. The third-order valence-corrected chi connectivity index (χ3v) is 5.19. The monoisotopic (exact) mass is 373 g/mol. The van der Waals surface area contributed by atoms with Crippen molar-refractivity contribution >= 4 is 11.6 Å². The van der Waals surface area contributed by atoms with Gasteiger partial charge in [-0.15, -0.1) is 0 Å². The number of nitrogens with one attached hydrogen (secondary N) is 1. The van der Waals surface area contributed by atoms with Crippen LogP contribution in [0.1, 0.15) is 24.0 Å². The lowest BCUT2D eigenvalue weighted by molar-refractivity contribution is -0.118. The van der Waals surface area contributed by atoms with E-state index in [1.165, 1.54) is 0 Å². The Labute approximate surface area is 165 Å². The van der Waals surface area contributed by atoms with E-state index in [2.05, 4.69) is 5.32 Å². The zero-order valence-electron chi connectivity index (χ0n) is 15.9. The first-order chi connectivity index (χ1) is 13.7. The normalized spacial score (nSPS) is 14.2. The summed E-state index contributed by atoms with van der Waals surface area (Å²) in [5.41, 5.74) is 2.51. The van der Waals surface area contributed by atoms with Crippen molar-refractivity contribution in [3.05, 3.63) is 90.0 Å². The minimum atomic E-state index is -0.422. The molecular formula is C24H23NO3. The van der Waals surface area contributed by atoms with Gasteiger partial charge >= 0.3 is 0 Å². The Bertz CT molecular complexity index is 930. The standard InChI is InChI=1S/C24H23NO3/c1-27-21-11-7-19(8-12-21)24(15-16-24)23(26)25-20-9-13-22(14-10-20)28-17-18-5-3-2-4-6-18/h2-14H,15-17H2,1H3,(H,25,26). The molecule has 0 bridgehead atoms. The summed E-state index contributed by atoms with van der Waals surface area (Å²) in [5, 5.41) is 3.05. The molecule has 142 valence electrons. The molecule has 1 N–H and O–H groups in total. The fourth-order valence-electron chi connectivity index (χ4n) is 3.31. The molecule has 1 aliphatic rings. The van der Waals surface area contributed by atoms with Crippen LogP contribution in [0.5, 0.6) is 11.5 Å². The SMILES string of the molecule is COc1ccc(C2(C(=O)Nc3ccc(OCc4ccccc4)cc3)CC2)cc1. The molecule has 4 rings (SSSR count). The number of carbonyl (C=O) groups is 1. The van der Waals surface area contributed by atoms with Crippen molar-refractivity contribution in [2.45, 2.75) is 24.9 Å². The summed E-state index contributed by atoms with van der Waals surface area (Å²) in [6, 6.07) is 25.3. The average Bonchev–Trinajstić information content (AvgIpc) is 3.56. The van der Waals surface area contributed by atoms with Crippen LogP contribution in [-0.2, 0) is 16.8 Å². The smallest absolute Gasteiger partial charge is 0.235 e. The van der Waals surface area contributed by atoms with E-state index in [-0.39, 0.29) is 5.91 Å². The van der Waals surface area contributed by atoms with Crippen LogP contribution in [0, 0.1) is 0 Å². The number of ether oxygens (including phenoxy) is 2. The summed E-state index contributed by atoms with van der Waals surface area (Å²) in [4.78, 5) is 12.9. The Kier molecular flexibility index (Phi) is 5.02. The van der Waals surface area contributed by atoms with Gasteiger partial charge in [0.25, 0.3) is 0 Å². The molecule has 28 heavy (non-hydrogen) atoms. The van der Waals surface area contributed by atoms with Crippen molar-refractivity contribution in [1.82, 2.24) is 0 Å². The first kappa shape index (κ1) is 18.1. The van der Waals surface area contributed by atoms with E-state index in [9.17, 15) is 4.79 Å². The molecule has 0 spiro atoms. The quantitative estimate of drug-likeness (QED) is 0.638. The van der Waals surface area contributed by atoms with Crippen molar-refractivity contribution in [3.63, 3.8) is 0 Å². The number of methoxy groups -OCH3 is 1. The topological polar surface area (TPSA) is 47.6 Å². The number of benzene rings is 3.